The summed E-state index contributed by atoms with van der Waals surface area (Å²) in [4.78, 5) is 26.2. The summed E-state index contributed by atoms with van der Waals surface area (Å²) in [7, 11) is 0. The molecule has 0 radical (unpaired) electrons. The van der Waals surface area contributed by atoms with Crippen molar-refractivity contribution in [2.24, 2.45) is 0 Å². The third kappa shape index (κ3) is 3.39. The Balaban J connectivity index is 1.91. The Morgan fingerprint density at radius 3 is 2.80 bits per heavy atom. The van der Waals surface area contributed by atoms with Crippen molar-refractivity contribution in [1.29, 1.82) is 0 Å². The molecule has 0 unspecified atom stereocenters. The Kier molecular flexibility index (Phi) is 5.06. The van der Waals surface area contributed by atoms with Crippen molar-refractivity contribution in [1.82, 2.24) is 14.8 Å². The van der Waals surface area contributed by atoms with E-state index in [-0.39, 0.29) is 22.7 Å². The monoisotopic (exact) mass is 361 g/mol. The number of aryl methyl sites for hydroxylation is 1. The number of hydrogen-bond acceptors (Lipinski definition) is 4. The maximum atomic E-state index is 12.5. The van der Waals surface area contributed by atoms with Gasteiger partial charge in [0.15, 0.2) is 5.11 Å². The molecule has 3 rings (SSSR count). The Labute approximate surface area is 152 Å². The molecule has 2 aliphatic heterocycles. The number of thiocarbonyl (C=S) groups is 1. The fourth-order valence-corrected chi connectivity index (χ4v) is 3.69. The zero-order valence-electron chi connectivity index (χ0n) is 14.8. The molecule has 1 aromatic heterocycles. The van der Waals surface area contributed by atoms with Gasteiger partial charge in [0.25, 0.3) is 11.8 Å². The fraction of sp³-hybridized carbons (Fsp3) is 0.500. The number of nitrogens with zero attached hydrogens (tertiary/aromatic N) is 2. The second-order valence-electron chi connectivity index (χ2n) is 6.44. The third-order valence-electron chi connectivity index (χ3n) is 4.82. The second-order valence-corrected chi connectivity index (χ2v) is 6.83. The van der Waals surface area contributed by atoms with Crippen LogP contribution in [0.15, 0.2) is 11.6 Å². The van der Waals surface area contributed by atoms with Gasteiger partial charge in [0.1, 0.15) is 5.57 Å². The quantitative estimate of drug-likeness (QED) is 0.506. The van der Waals surface area contributed by atoms with Crippen LogP contribution >= 0.6 is 12.2 Å². The molecule has 7 heteroatoms. The Hall–Kier alpha value is -1.99. The lowest BCUT2D eigenvalue weighted by atomic mass is 10.1. The molecule has 3 heterocycles. The Morgan fingerprint density at radius 1 is 1.40 bits per heavy atom. The topological polar surface area (TPSA) is 63.6 Å². The zero-order valence-corrected chi connectivity index (χ0v) is 15.6. The van der Waals surface area contributed by atoms with Gasteiger partial charge < -0.3 is 9.30 Å². The van der Waals surface area contributed by atoms with Crippen LogP contribution in [-0.4, -0.2) is 45.6 Å². The highest BCUT2D eigenvalue weighted by Crippen LogP contribution is 2.23. The largest absolute Gasteiger partial charge is 0.376 e. The molecule has 0 bridgehead atoms. The summed E-state index contributed by atoms with van der Waals surface area (Å²) in [5, 5.41) is 2.75. The molecule has 2 aliphatic rings. The van der Waals surface area contributed by atoms with Gasteiger partial charge in [-0.05, 0) is 63.5 Å². The van der Waals surface area contributed by atoms with Crippen molar-refractivity contribution in [2.75, 3.05) is 13.2 Å². The standard InChI is InChI=1S/C18H23N3O3S/c1-4-20-17(23)15(16(22)19-18(20)25)9-13-8-11(2)21(12(13)3)10-14-6-5-7-24-14/h8-9,14H,4-7,10H2,1-3H3,(H,19,22,25)/b15-9+/t14-/m0/s1. The highest BCUT2D eigenvalue weighted by atomic mass is 32.1. The van der Waals surface area contributed by atoms with E-state index in [0.29, 0.717) is 6.54 Å². The van der Waals surface area contributed by atoms with Gasteiger partial charge in [0.2, 0.25) is 0 Å². The molecule has 6 nitrogen and oxygen atoms in total. The van der Waals surface area contributed by atoms with Crippen LogP contribution in [0.1, 0.15) is 36.7 Å². The summed E-state index contributed by atoms with van der Waals surface area (Å²) in [5.41, 5.74) is 3.11. The molecule has 1 atom stereocenters. The van der Waals surface area contributed by atoms with E-state index in [2.05, 4.69) is 9.88 Å². The van der Waals surface area contributed by atoms with Crippen LogP contribution in [-0.2, 0) is 20.9 Å². The van der Waals surface area contributed by atoms with Gasteiger partial charge in [-0.25, -0.2) is 0 Å². The molecule has 134 valence electrons. The average Bonchev–Trinajstić information content (AvgIpc) is 3.16. The molecular weight excluding hydrogens is 338 g/mol. The number of ether oxygens (including phenoxy) is 1. The first kappa shape index (κ1) is 17.8. The normalized spacial score (nSPS) is 22.8. The molecule has 1 N–H and O–H groups in total. The predicted octanol–water partition coefficient (Wildman–Crippen LogP) is 1.93. The van der Waals surface area contributed by atoms with Gasteiger partial charge in [-0.2, -0.15) is 0 Å². The van der Waals surface area contributed by atoms with E-state index in [4.69, 9.17) is 17.0 Å². The summed E-state index contributed by atoms with van der Waals surface area (Å²) < 4.78 is 7.92. The summed E-state index contributed by atoms with van der Waals surface area (Å²) >= 11 is 5.06. The van der Waals surface area contributed by atoms with Crippen molar-refractivity contribution in [2.45, 2.75) is 46.3 Å². The van der Waals surface area contributed by atoms with E-state index in [0.717, 1.165) is 42.9 Å². The molecule has 25 heavy (non-hydrogen) atoms. The number of amides is 2. The minimum atomic E-state index is -0.441. The van der Waals surface area contributed by atoms with Crippen LogP contribution in [0.3, 0.4) is 0 Å². The summed E-state index contributed by atoms with van der Waals surface area (Å²) in [5.74, 6) is -0.788. The van der Waals surface area contributed by atoms with Crippen LogP contribution in [0.5, 0.6) is 0 Å². The first-order chi connectivity index (χ1) is 11.9. The van der Waals surface area contributed by atoms with E-state index in [9.17, 15) is 9.59 Å². The lowest BCUT2D eigenvalue weighted by molar-refractivity contribution is -0.128. The van der Waals surface area contributed by atoms with Crippen LogP contribution in [0.25, 0.3) is 6.08 Å². The van der Waals surface area contributed by atoms with Gasteiger partial charge in [-0.3, -0.25) is 19.8 Å². The molecule has 2 amide bonds. The van der Waals surface area contributed by atoms with Crippen LogP contribution in [0.2, 0.25) is 0 Å². The third-order valence-corrected chi connectivity index (χ3v) is 5.15. The zero-order chi connectivity index (χ0) is 18.1. The number of aromatic nitrogens is 1. The van der Waals surface area contributed by atoms with Gasteiger partial charge in [-0.15, -0.1) is 0 Å². The number of carbonyl (C=O) groups is 2. The van der Waals surface area contributed by atoms with Crippen molar-refractivity contribution in [3.8, 4) is 0 Å². The van der Waals surface area contributed by atoms with Gasteiger partial charge in [0, 0.05) is 31.1 Å². The molecular formula is C18H23N3O3S. The van der Waals surface area contributed by atoms with Crippen molar-refractivity contribution in [3.63, 3.8) is 0 Å². The number of hydrogen-bond donors (Lipinski definition) is 1. The minimum Gasteiger partial charge on any atom is -0.376 e. The van der Waals surface area contributed by atoms with E-state index in [1.54, 1.807) is 6.08 Å². The number of nitrogens with one attached hydrogen (secondary N) is 1. The smallest absolute Gasteiger partial charge is 0.265 e. The summed E-state index contributed by atoms with van der Waals surface area (Å²) in [6.45, 7) is 7.90. The highest BCUT2D eigenvalue weighted by molar-refractivity contribution is 7.80. The number of carbonyl (C=O) groups excluding carboxylic acids is 2. The molecule has 0 spiro atoms. The first-order valence-corrected chi connectivity index (χ1v) is 9.00. The van der Waals surface area contributed by atoms with E-state index in [1.165, 1.54) is 4.90 Å². The van der Waals surface area contributed by atoms with Gasteiger partial charge in [-0.1, -0.05) is 0 Å². The maximum Gasteiger partial charge on any atom is 0.265 e. The lowest BCUT2D eigenvalue weighted by Gasteiger charge is -2.27. The van der Waals surface area contributed by atoms with Crippen LogP contribution in [0.4, 0.5) is 0 Å². The SMILES string of the molecule is CCN1C(=O)/C(=C/c2cc(C)n(C[C@@H]3CCCO3)c2C)C(=O)NC1=S. The highest BCUT2D eigenvalue weighted by Gasteiger charge is 2.32. The number of rotatable bonds is 4. The molecule has 0 aromatic carbocycles. The predicted molar refractivity (Wildman–Crippen MR) is 99.0 cm³/mol. The lowest BCUT2D eigenvalue weighted by Crippen LogP contribution is -2.53. The van der Waals surface area contributed by atoms with Gasteiger partial charge in [0.05, 0.1) is 6.10 Å². The average molecular weight is 361 g/mol. The molecule has 2 saturated heterocycles. The second kappa shape index (κ2) is 7.09. The number of likely N-dealkylation sites (N-methyl/N-ethyl adjacent to an activating group) is 1. The van der Waals surface area contributed by atoms with Crippen LogP contribution < -0.4 is 5.32 Å². The summed E-state index contributed by atoms with van der Waals surface area (Å²) in [6, 6.07) is 2.00. The van der Waals surface area contributed by atoms with Crippen molar-refractivity contribution < 1.29 is 14.3 Å². The molecule has 1 aromatic rings. The Morgan fingerprint density at radius 2 is 2.16 bits per heavy atom. The van der Waals surface area contributed by atoms with Gasteiger partial charge >= 0.3 is 0 Å². The minimum absolute atomic E-state index is 0.118. The van der Waals surface area contributed by atoms with Crippen molar-refractivity contribution >= 4 is 35.2 Å². The van der Waals surface area contributed by atoms with E-state index in [1.807, 2.05) is 26.8 Å². The fourth-order valence-electron chi connectivity index (χ4n) is 3.38. The molecule has 2 fully saturated rings. The molecule has 0 saturated carbocycles. The van der Waals surface area contributed by atoms with E-state index >= 15 is 0 Å². The van der Waals surface area contributed by atoms with E-state index < -0.39 is 5.91 Å². The molecule has 0 aliphatic carbocycles. The Bertz CT molecular complexity index is 760. The van der Waals surface area contributed by atoms with Crippen molar-refractivity contribution in [3.05, 3.63) is 28.6 Å². The maximum absolute atomic E-state index is 12.5. The first-order valence-electron chi connectivity index (χ1n) is 8.59. The summed E-state index contributed by atoms with van der Waals surface area (Å²) in [6.07, 6.45) is 4.06. The van der Waals surface area contributed by atoms with Crippen LogP contribution in [0, 0.1) is 13.8 Å².